The SMILES string of the molecule is CCOC(=O)c1ccc(NC(=S)Nc2c(C)nn(Cc3cccc(C(F)(F)F)c3)c2C)cc1. The van der Waals surface area contributed by atoms with Crippen LogP contribution in [0.25, 0.3) is 0 Å². The van der Waals surface area contributed by atoms with Gasteiger partial charge in [-0.2, -0.15) is 18.3 Å². The van der Waals surface area contributed by atoms with Crippen molar-refractivity contribution < 1.29 is 22.7 Å². The normalized spacial score (nSPS) is 11.2. The van der Waals surface area contributed by atoms with Crippen molar-refractivity contribution >= 4 is 34.7 Å². The van der Waals surface area contributed by atoms with Crippen LogP contribution in [-0.4, -0.2) is 27.5 Å². The van der Waals surface area contributed by atoms with Crippen LogP contribution in [-0.2, 0) is 17.5 Å². The van der Waals surface area contributed by atoms with Gasteiger partial charge >= 0.3 is 12.1 Å². The van der Waals surface area contributed by atoms with Crippen molar-refractivity contribution in [3.05, 3.63) is 76.6 Å². The van der Waals surface area contributed by atoms with Crippen LogP contribution in [0.1, 0.15) is 39.8 Å². The van der Waals surface area contributed by atoms with E-state index in [-0.39, 0.29) is 6.54 Å². The zero-order chi connectivity index (χ0) is 24.2. The highest BCUT2D eigenvalue weighted by atomic mass is 32.1. The molecule has 3 aromatic rings. The summed E-state index contributed by atoms with van der Waals surface area (Å²) in [5, 5.41) is 10.9. The lowest BCUT2D eigenvalue weighted by Crippen LogP contribution is -2.20. The number of aryl methyl sites for hydroxylation is 1. The van der Waals surface area contributed by atoms with Gasteiger partial charge in [-0.15, -0.1) is 0 Å². The third-order valence-corrected chi connectivity index (χ3v) is 5.06. The van der Waals surface area contributed by atoms with Crippen molar-refractivity contribution in [2.75, 3.05) is 17.2 Å². The predicted octanol–water partition coefficient (Wildman–Crippen LogP) is 5.55. The second-order valence-corrected chi connectivity index (χ2v) is 7.69. The highest BCUT2D eigenvalue weighted by molar-refractivity contribution is 7.80. The Hall–Kier alpha value is -3.40. The summed E-state index contributed by atoms with van der Waals surface area (Å²) >= 11 is 5.38. The summed E-state index contributed by atoms with van der Waals surface area (Å²) < 4.78 is 45.6. The van der Waals surface area contributed by atoms with Gasteiger partial charge < -0.3 is 15.4 Å². The fourth-order valence-electron chi connectivity index (χ4n) is 3.23. The summed E-state index contributed by atoms with van der Waals surface area (Å²) in [6.45, 7) is 5.83. The number of carbonyl (C=O) groups excluding carboxylic acids is 1. The number of thiocarbonyl (C=S) groups is 1. The Kier molecular flexibility index (Phi) is 7.37. The molecule has 174 valence electrons. The Morgan fingerprint density at radius 2 is 1.82 bits per heavy atom. The average molecular weight is 477 g/mol. The van der Waals surface area contributed by atoms with Crippen LogP contribution < -0.4 is 10.6 Å². The number of rotatable bonds is 6. The van der Waals surface area contributed by atoms with Crippen molar-refractivity contribution in [2.45, 2.75) is 33.5 Å². The molecule has 0 saturated carbocycles. The monoisotopic (exact) mass is 476 g/mol. The molecular weight excluding hydrogens is 453 g/mol. The molecule has 0 amide bonds. The van der Waals surface area contributed by atoms with Crippen molar-refractivity contribution in [1.82, 2.24) is 9.78 Å². The second kappa shape index (κ2) is 10.0. The zero-order valence-electron chi connectivity index (χ0n) is 18.3. The Morgan fingerprint density at radius 3 is 2.45 bits per heavy atom. The lowest BCUT2D eigenvalue weighted by Gasteiger charge is -2.12. The lowest BCUT2D eigenvalue weighted by atomic mass is 10.1. The van der Waals surface area contributed by atoms with Gasteiger partial charge in [0.2, 0.25) is 0 Å². The maximum Gasteiger partial charge on any atom is 0.416 e. The largest absolute Gasteiger partial charge is 0.462 e. The number of benzene rings is 2. The van der Waals surface area contributed by atoms with Gasteiger partial charge in [-0.3, -0.25) is 4.68 Å². The fourth-order valence-corrected chi connectivity index (χ4v) is 3.45. The van der Waals surface area contributed by atoms with Crippen LogP contribution in [0.5, 0.6) is 0 Å². The number of hydrogen-bond acceptors (Lipinski definition) is 4. The molecule has 0 radical (unpaired) electrons. The van der Waals surface area contributed by atoms with Crippen LogP contribution in [0.2, 0.25) is 0 Å². The maximum atomic E-state index is 13.0. The molecule has 0 aliphatic carbocycles. The lowest BCUT2D eigenvalue weighted by molar-refractivity contribution is -0.137. The molecule has 3 rings (SSSR count). The smallest absolute Gasteiger partial charge is 0.416 e. The van der Waals surface area contributed by atoms with Crippen molar-refractivity contribution in [2.24, 2.45) is 0 Å². The zero-order valence-corrected chi connectivity index (χ0v) is 19.1. The molecule has 0 fully saturated rings. The Balaban J connectivity index is 1.69. The number of nitrogens with one attached hydrogen (secondary N) is 2. The molecule has 1 aromatic heterocycles. The number of ether oxygens (including phenoxy) is 1. The van der Waals surface area contributed by atoms with Gasteiger partial charge in [-0.25, -0.2) is 4.79 Å². The van der Waals surface area contributed by atoms with E-state index in [4.69, 9.17) is 17.0 Å². The van der Waals surface area contributed by atoms with E-state index in [0.29, 0.717) is 39.9 Å². The summed E-state index contributed by atoms with van der Waals surface area (Å²) in [6.07, 6.45) is -4.40. The van der Waals surface area contributed by atoms with Crippen molar-refractivity contribution in [1.29, 1.82) is 0 Å². The molecule has 2 N–H and O–H groups in total. The Morgan fingerprint density at radius 1 is 1.12 bits per heavy atom. The van der Waals surface area contributed by atoms with Gasteiger partial charge in [-0.05, 0) is 75.0 Å². The van der Waals surface area contributed by atoms with Crippen LogP contribution in [0.3, 0.4) is 0 Å². The minimum atomic E-state index is -4.40. The molecule has 2 aromatic carbocycles. The molecule has 0 bridgehead atoms. The number of halogens is 3. The topological polar surface area (TPSA) is 68.2 Å². The number of alkyl halides is 3. The Bertz CT molecular complexity index is 1160. The average Bonchev–Trinajstić information content (AvgIpc) is 3.01. The first-order valence-corrected chi connectivity index (χ1v) is 10.5. The number of anilines is 2. The van der Waals surface area contributed by atoms with E-state index in [2.05, 4.69) is 15.7 Å². The van der Waals surface area contributed by atoms with Gasteiger partial charge in [-0.1, -0.05) is 12.1 Å². The molecule has 0 atom stereocenters. The van der Waals surface area contributed by atoms with Crippen LogP contribution >= 0.6 is 12.2 Å². The second-order valence-electron chi connectivity index (χ2n) is 7.28. The minimum absolute atomic E-state index is 0.188. The first-order valence-electron chi connectivity index (χ1n) is 10.1. The van der Waals surface area contributed by atoms with Crippen LogP contribution in [0.15, 0.2) is 48.5 Å². The number of aromatic nitrogens is 2. The van der Waals surface area contributed by atoms with Crippen LogP contribution in [0, 0.1) is 13.8 Å². The van der Waals surface area contributed by atoms with E-state index >= 15 is 0 Å². The summed E-state index contributed by atoms with van der Waals surface area (Å²) in [4.78, 5) is 11.7. The number of nitrogens with zero attached hydrogens (tertiary/aromatic N) is 2. The molecular formula is C23H23F3N4O2S. The summed E-state index contributed by atoms with van der Waals surface area (Å²) in [6, 6.07) is 11.9. The van der Waals surface area contributed by atoms with E-state index in [9.17, 15) is 18.0 Å². The van der Waals surface area contributed by atoms with Gasteiger partial charge in [0.05, 0.1) is 41.4 Å². The molecule has 0 aliphatic rings. The molecule has 0 aliphatic heterocycles. The third-order valence-electron chi connectivity index (χ3n) is 4.86. The van der Waals surface area contributed by atoms with E-state index in [1.54, 1.807) is 48.9 Å². The Labute approximate surface area is 194 Å². The summed E-state index contributed by atoms with van der Waals surface area (Å²) in [7, 11) is 0. The molecule has 10 heteroatoms. The fraction of sp³-hybridized carbons (Fsp3) is 0.261. The maximum absolute atomic E-state index is 13.0. The molecule has 6 nitrogen and oxygen atoms in total. The van der Waals surface area contributed by atoms with E-state index in [1.165, 1.54) is 6.07 Å². The van der Waals surface area contributed by atoms with Gasteiger partial charge in [0, 0.05) is 5.69 Å². The predicted molar refractivity (Wildman–Crippen MR) is 124 cm³/mol. The van der Waals surface area contributed by atoms with Gasteiger partial charge in [0.1, 0.15) is 0 Å². The summed E-state index contributed by atoms with van der Waals surface area (Å²) in [5.74, 6) is -0.399. The van der Waals surface area contributed by atoms with E-state index in [1.807, 2.05) is 6.92 Å². The van der Waals surface area contributed by atoms with Crippen molar-refractivity contribution in [3.8, 4) is 0 Å². The quantitative estimate of drug-likeness (QED) is 0.359. The molecule has 33 heavy (non-hydrogen) atoms. The standard InChI is InChI=1S/C23H23F3N4O2S/c1-4-32-21(31)17-8-10-19(11-9-17)27-22(33)28-20-14(2)29-30(15(20)3)13-16-6-5-7-18(12-16)23(24,25)26/h5-12H,4,13H2,1-3H3,(H2,27,28,33). The van der Waals surface area contributed by atoms with E-state index < -0.39 is 17.7 Å². The minimum Gasteiger partial charge on any atom is -0.462 e. The van der Waals surface area contributed by atoms with E-state index in [0.717, 1.165) is 17.8 Å². The number of carbonyl (C=O) groups is 1. The number of hydrogen-bond donors (Lipinski definition) is 2. The third kappa shape index (κ3) is 6.10. The van der Waals surface area contributed by atoms with Crippen LogP contribution in [0.4, 0.5) is 24.5 Å². The molecule has 0 saturated heterocycles. The summed E-state index contributed by atoms with van der Waals surface area (Å²) in [5.41, 5.74) is 2.95. The van der Waals surface area contributed by atoms with Crippen molar-refractivity contribution in [3.63, 3.8) is 0 Å². The van der Waals surface area contributed by atoms with Gasteiger partial charge in [0.15, 0.2) is 5.11 Å². The number of esters is 1. The molecule has 0 unspecified atom stereocenters. The first-order chi connectivity index (χ1) is 15.6. The molecule has 1 heterocycles. The molecule has 0 spiro atoms. The van der Waals surface area contributed by atoms with Gasteiger partial charge in [0.25, 0.3) is 0 Å². The highest BCUT2D eigenvalue weighted by Crippen LogP contribution is 2.30. The first kappa shape index (κ1) is 24.2. The highest BCUT2D eigenvalue weighted by Gasteiger charge is 2.30.